The maximum absolute atomic E-state index is 14.7. The fraction of sp³-hybridized carbons (Fsp3) is 0.429. The van der Waals surface area contributed by atoms with Crippen LogP contribution in [0.15, 0.2) is 54.7 Å². The molecule has 4 aliphatic rings. The number of nitrogens with zero attached hydrogens (tertiary/aromatic N) is 3. The lowest BCUT2D eigenvalue weighted by atomic mass is 9.79. The molecule has 2 aromatic carbocycles. The summed E-state index contributed by atoms with van der Waals surface area (Å²) in [5, 5.41) is 12.9. The van der Waals surface area contributed by atoms with Gasteiger partial charge in [0.25, 0.3) is 0 Å². The SMILES string of the molecule is COc1cc(-c2nccc(-c3cccc4c3CCC[C@H]4Nc3nc(OC)c(CN4CC5(CNC(=O)C5)C4)cc3C(F)(F)F)c2Cl)ccc1CNC[C@H]1CCC(=O)N1. The number of amides is 2. The molecule has 5 heterocycles. The van der Waals surface area contributed by atoms with E-state index < -0.39 is 17.8 Å². The summed E-state index contributed by atoms with van der Waals surface area (Å²) >= 11 is 7.17. The molecule has 11 nitrogen and oxygen atoms in total. The molecule has 0 radical (unpaired) electrons. The highest BCUT2D eigenvalue weighted by Crippen LogP contribution is 2.45. The number of nitrogens with one attached hydrogen (secondary N) is 4. The van der Waals surface area contributed by atoms with E-state index in [0.717, 1.165) is 58.7 Å². The monoisotopic (exact) mass is 803 g/mol. The van der Waals surface area contributed by atoms with E-state index in [-0.39, 0.29) is 41.5 Å². The molecule has 4 N–H and O–H groups in total. The van der Waals surface area contributed by atoms with Gasteiger partial charge in [-0.15, -0.1) is 0 Å². The highest BCUT2D eigenvalue weighted by molar-refractivity contribution is 6.35. The average Bonchev–Trinajstić information content (AvgIpc) is 3.79. The molecule has 15 heteroatoms. The van der Waals surface area contributed by atoms with Crippen molar-refractivity contribution in [3.8, 4) is 34.0 Å². The predicted octanol–water partition coefficient (Wildman–Crippen LogP) is 6.68. The number of likely N-dealkylation sites (tertiary alicyclic amines) is 1. The third-order valence-corrected chi connectivity index (χ3v) is 12.0. The van der Waals surface area contributed by atoms with Crippen molar-refractivity contribution >= 4 is 29.2 Å². The summed E-state index contributed by atoms with van der Waals surface area (Å²) in [6, 6.07) is 14.4. The van der Waals surface area contributed by atoms with Crippen LogP contribution in [0.25, 0.3) is 22.4 Å². The highest BCUT2D eigenvalue weighted by Gasteiger charge is 2.48. The normalized spacial score (nSPS) is 20.2. The van der Waals surface area contributed by atoms with Gasteiger partial charge in [-0.3, -0.25) is 19.5 Å². The molecule has 2 atom stereocenters. The van der Waals surface area contributed by atoms with E-state index in [1.807, 2.05) is 47.4 Å². The average molecular weight is 804 g/mol. The number of hydrogen-bond donors (Lipinski definition) is 4. The summed E-state index contributed by atoms with van der Waals surface area (Å²) in [5.41, 5.74) is 5.19. The third kappa shape index (κ3) is 7.99. The van der Waals surface area contributed by atoms with Crippen molar-refractivity contribution in [2.24, 2.45) is 5.41 Å². The van der Waals surface area contributed by atoms with Crippen LogP contribution in [0.1, 0.15) is 66.0 Å². The fourth-order valence-electron chi connectivity index (χ4n) is 8.90. The zero-order valence-electron chi connectivity index (χ0n) is 31.8. The molecule has 1 spiro atoms. The summed E-state index contributed by atoms with van der Waals surface area (Å²) in [4.78, 5) is 34.5. The molecule has 300 valence electrons. The Bertz CT molecular complexity index is 2200. The Balaban J connectivity index is 1.03. The van der Waals surface area contributed by atoms with Gasteiger partial charge in [-0.25, -0.2) is 0 Å². The van der Waals surface area contributed by atoms with Crippen molar-refractivity contribution in [1.29, 1.82) is 0 Å². The Kier molecular flexibility index (Phi) is 10.8. The van der Waals surface area contributed by atoms with Gasteiger partial charge in [0.15, 0.2) is 0 Å². The number of carbonyl (C=O) groups excluding carboxylic acids is 2. The predicted molar refractivity (Wildman–Crippen MR) is 210 cm³/mol. The Morgan fingerprint density at radius 3 is 2.56 bits per heavy atom. The number of alkyl halides is 3. The number of anilines is 1. The minimum atomic E-state index is -4.67. The second-order valence-corrected chi connectivity index (χ2v) is 16.0. The lowest BCUT2D eigenvalue weighted by Gasteiger charge is -2.47. The van der Waals surface area contributed by atoms with Gasteiger partial charge in [0.05, 0.1) is 36.5 Å². The van der Waals surface area contributed by atoms with Gasteiger partial charge in [-0.1, -0.05) is 41.9 Å². The Hall–Kier alpha value is -4.92. The molecule has 1 aliphatic carbocycles. The number of aromatic nitrogens is 2. The summed E-state index contributed by atoms with van der Waals surface area (Å²) in [6.45, 7) is 3.26. The van der Waals surface area contributed by atoms with Crippen molar-refractivity contribution in [3.63, 3.8) is 0 Å². The number of pyridine rings is 2. The lowest BCUT2D eigenvalue weighted by molar-refractivity contribution is -0.137. The molecule has 2 aromatic heterocycles. The Morgan fingerprint density at radius 1 is 1.00 bits per heavy atom. The van der Waals surface area contributed by atoms with Crippen LogP contribution in [0.4, 0.5) is 19.0 Å². The van der Waals surface area contributed by atoms with E-state index in [1.165, 1.54) is 7.11 Å². The smallest absolute Gasteiger partial charge is 0.419 e. The first-order chi connectivity index (χ1) is 27.4. The van der Waals surface area contributed by atoms with Crippen LogP contribution in [-0.2, 0) is 35.3 Å². The van der Waals surface area contributed by atoms with Crippen molar-refractivity contribution in [2.45, 2.75) is 69.9 Å². The third-order valence-electron chi connectivity index (χ3n) is 11.6. The van der Waals surface area contributed by atoms with Crippen LogP contribution in [0, 0.1) is 5.41 Å². The van der Waals surface area contributed by atoms with E-state index >= 15 is 0 Å². The summed E-state index contributed by atoms with van der Waals surface area (Å²) < 4.78 is 55.4. The van der Waals surface area contributed by atoms with Gasteiger partial charge in [0.2, 0.25) is 17.7 Å². The van der Waals surface area contributed by atoms with Crippen LogP contribution in [0.2, 0.25) is 5.02 Å². The minimum Gasteiger partial charge on any atom is -0.496 e. The molecule has 2 amide bonds. The quantitative estimate of drug-likeness (QED) is 0.124. The molecule has 4 aromatic rings. The minimum absolute atomic E-state index is 0.00896. The number of rotatable bonds is 12. The zero-order valence-corrected chi connectivity index (χ0v) is 32.6. The summed E-state index contributed by atoms with van der Waals surface area (Å²) in [6.07, 6.45) is 0.906. The van der Waals surface area contributed by atoms with E-state index in [0.29, 0.717) is 74.0 Å². The van der Waals surface area contributed by atoms with E-state index in [2.05, 4.69) is 31.2 Å². The number of fused-ring (bicyclic) bond motifs is 1. The molecular formula is C42H45ClF3N7O4. The first-order valence-corrected chi connectivity index (χ1v) is 19.7. The molecule has 8 rings (SSSR count). The van der Waals surface area contributed by atoms with Crippen molar-refractivity contribution < 1.29 is 32.2 Å². The van der Waals surface area contributed by atoms with Crippen LogP contribution in [0.3, 0.4) is 0 Å². The largest absolute Gasteiger partial charge is 0.496 e. The first-order valence-electron chi connectivity index (χ1n) is 19.3. The lowest BCUT2D eigenvalue weighted by Crippen LogP contribution is -2.56. The van der Waals surface area contributed by atoms with E-state index in [1.54, 1.807) is 13.3 Å². The van der Waals surface area contributed by atoms with Gasteiger partial charge in [-0.2, -0.15) is 18.2 Å². The topological polar surface area (TPSA) is 130 Å². The molecule has 3 saturated heterocycles. The molecular weight excluding hydrogens is 759 g/mol. The number of ether oxygens (including phenoxy) is 2. The number of halogens is 4. The van der Waals surface area contributed by atoms with Crippen molar-refractivity contribution in [3.05, 3.63) is 87.6 Å². The van der Waals surface area contributed by atoms with Gasteiger partial charge in [0.1, 0.15) is 11.6 Å². The Labute approximate surface area is 334 Å². The number of benzene rings is 2. The maximum atomic E-state index is 14.7. The molecule has 0 unspecified atom stereocenters. The highest BCUT2D eigenvalue weighted by atomic mass is 35.5. The zero-order chi connectivity index (χ0) is 39.9. The van der Waals surface area contributed by atoms with Crippen LogP contribution in [0.5, 0.6) is 11.6 Å². The van der Waals surface area contributed by atoms with Crippen LogP contribution < -0.4 is 30.7 Å². The van der Waals surface area contributed by atoms with Crippen molar-refractivity contribution in [2.75, 3.05) is 45.7 Å². The molecule has 0 saturated carbocycles. The van der Waals surface area contributed by atoms with E-state index in [9.17, 15) is 22.8 Å². The maximum Gasteiger partial charge on any atom is 0.419 e. The van der Waals surface area contributed by atoms with Crippen LogP contribution >= 0.6 is 11.6 Å². The van der Waals surface area contributed by atoms with Crippen molar-refractivity contribution in [1.82, 2.24) is 30.8 Å². The van der Waals surface area contributed by atoms with Gasteiger partial charge < -0.3 is 30.7 Å². The van der Waals surface area contributed by atoms with Gasteiger partial charge in [-0.05, 0) is 60.6 Å². The second-order valence-electron chi connectivity index (χ2n) is 15.6. The molecule has 3 aliphatic heterocycles. The fourth-order valence-corrected chi connectivity index (χ4v) is 9.23. The summed E-state index contributed by atoms with van der Waals surface area (Å²) in [7, 11) is 3.03. The number of carbonyl (C=O) groups is 2. The first kappa shape index (κ1) is 38.9. The summed E-state index contributed by atoms with van der Waals surface area (Å²) in [5.74, 6) is 0.619. The number of methoxy groups -OCH3 is 2. The molecule has 57 heavy (non-hydrogen) atoms. The number of hydrogen-bond acceptors (Lipinski definition) is 9. The Morgan fingerprint density at radius 2 is 1.84 bits per heavy atom. The molecule has 3 fully saturated rings. The standard InChI is InChI=1S/C42H45ClF3N7O4/c1-56-34-16-24(9-10-25(34)18-47-19-27-11-12-35(54)50-27)38-37(43)31(13-14-48-38)29-5-3-7-30-28(29)6-4-8-33(30)51-39-32(42(44,45)46)15-26(40(52-39)57-2)20-53-22-41(23-53)17-36(55)49-21-41/h3,5,7,9-10,13-16,27,33,47H,4,6,8,11-12,17-23H2,1-2H3,(H,49,55)(H,50,54)(H,51,52)/t27-,33-/m1/s1. The molecule has 0 bridgehead atoms. The second kappa shape index (κ2) is 15.8. The van der Waals surface area contributed by atoms with Gasteiger partial charge >= 0.3 is 6.18 Å². The van der Waals surface area contributed by atoms with E-state index in [4.69, 9.17) is 21.1 Å². The van der Waals surface area contributed by atoms with Gasteiger partial charge in [0, 0.05) is 92.0 Å². The van der Waals surface area contributed by atoms with Crippen LogP contribution in [-0.4, -0.2) is 73.1 Å².